The summed E-state index contributed by atoms with van der Waals surface area (Å²) in [4.78, 5) is 24.6. The molecule has 0 saturated heterocycles. The Morgan fingerprint density at radius 1 is 1.06 bits per heavy atom. The van der Waals surface area contributed by atoms with Gasteiger partial charge < -0.3 is 0 Å². The third-order valence-electron chi connectivity index (χ3n) is 5.15. The Balaban J connectivity index is 1.93. The number of carbonyl (C=O) groups excluding carboxylic acids is 1. The van der Waals surface area contributed by atoms with Crippen molar-refractivity contribution >= 4 is 37.1 Å². The Kier molecular flexibility index (Phi) is 7.17. The summed E-state index contributed by atoms with van der Waals surface area (Å²) in [6.45, 7) is 4.99. The van der Waals surface area contributed by atoms with E-state index in [2.05, 4.69) is 0 Å². The zero-order chi connectivity index (χ0) is 22.6. The molecule has 3 aromatic rings. The predicted octanol–water partition coefficient (Wildman–Crippen LogP) is 5.24. The normalized spacial score (nSPS) is 12.9. The molecule has 3 rings (SSSR count). The monoisotopic (exact) mass is 484 g/mol. The number of aryl methyl sites for hydroxylation is 1. The van der Waals surface area contributed by atoms with Crippen LogP contribution in [0, 0.1) is 5.82 Å². The van der Waals surface area contributed by atoms with Gasteiger partial charge in [-0.1, -0.05) is 0 Å². The van der Waals surface area contributed by atoms with Gasteiger partial charge in [0.05, 0.1) is 0 Å². The molecule has 3 aromatic carbocycles. The summed E-state index contributed by atoms with van der Waals surface area (Å²) in [5.41, 5.74) is 1.32. The third-order valence-corrected chi connectivity index (χ3v) is 7.95. The molecule has 31 heavy (non-hydrogen) atoms. The van der Waals surface area contributed by atoms with Crippen molar-refractivity contribution in [1.82, 2.24) is 0 Å². The maximum atomic E-state index is 14.8. The average molecular weight is 484 g/mol. The first-order valence-electron chi connectivity index (χ1n) is 10.2. The van der Waals surface area contributed by atoms with Crippen molar-refractivity contribution in [3.05, 3.63) is 77.6 Å². The van der Waals surface area contributed by atoms with Crippen LogP contribution in [0.15, 0.2) is 60.7 Å². The Morgan fingerprint density at radius 2 is 1.68 bits per heavy atom. The molecule has 2 unspecified atom stereocenters. The molecule has 162 valence electrons. The number of rotatable bonds is 9. The molecule has 0 spiro atoms. The number of hydrogen-bond acceptors (Lipinski definition) is 3. The van der Waals surface area contributed by atoms with Crippen molar-refractivity contribution in [1.29, 1.82) is 0 Å². The third kappa shape index (κ3) is 5.53. The van der Waals surface area contributed by atoms with E-state index in [1.165, 1.54) is 25.5 Å². The van der Waals surface area contributed by atoms with Gasteiger partial charge in [0.1, 0.15) is 0 Å². The van der Waals surface area contributed by atoms with Gasteiger partial charge in [-0.3, -0.25) is 0 Å². The number of ether oxygens (including phenoxy) is 1. The quantitative estimate of drug-likeness (QED) is 0.422. The van der Waals surface area contributed by atoms with Gasteiger partial charge in [-0.25, -0.2) is 0 Å². The molecule has 4 nitrogen and oxygen atoms in total. The standard InChI is InChI=1S/C25H26AsFO4/c1-16(13-14-17-9-5-4-6-10-17)31-22-19-12-8-7-11-18(19)21(27)15-20(22)23(28)26-25(2,3)24(29)30/h4-12,15-16,26H,13-14H2,1-3H3,(H,29,30). The molecule has 0 aliphatic carbocycles. The molecule has 0 heterocycles. The summed E-state index contributed by atoms with van der Waals surface area (Å²) in [6.07, 6.45) is 1.32. The summed E-state index contributed by atoms with van der Waals surface area (Å²) >= 11 is -1.61. The molecule has 0 saturated carbocycles. The van der Waals surface area contributed by atoms with Crippen LogP contribution in [0.5, 0.6) is 5.75 Å². The van der Waals surface area contributed by atoms with Gasteiger partial charge in [0, 0.05) is 0 Å². The molecule has 0 radical (unpaired) electrons. The number of halogens is 1. The van der Waals surface area contributed by atoms with E-state index >= 15 is 0 Å². The molecule has 2 atom stereocenters. The van der Waals surface area contributed by atoms with E-state index < -0.39 is 31.7 Å². The van der Waals surface area contributed by atoms with E-state index in [1.54, 1.807) is 24.3 Å². The first kappa shape index (κ1) is 23.0. The molecule has 0 amide bonds. The molecule has 1 N–H and O–H groups in total. The van der Waals surface area contributed by atoms with Gasteiger partial charge in [0.25, 0.3) is 0 Å². The Hall–Kier alpha value is -2.65. The van der Waals surface area contributed by atoms with Gasteiger partial charge in [-0.2, -0.15) is 0 Å². The van der Waals surface area contributed by atoms with Crippen LogP contribution < -0.4 is 4.74 Å². The Morgan fingerprint density at radius 3 is 2.32 bits per heavy atom. The Labute approximate surface area is 188 Å². The summed E-state index contributed by atoms with van der Waals surface area (Å²) < 4.78 is 19.5. The number of benzene rings is 3. The van der Waals surface area contributed by atoms with E-state index in [4.69, 9.17) is 4.74 Å². The fourth-order valence-corrected chi connectivity index (χ4v) is 5.37. The van der Waals surface area contributed by atoms with Crippen molar-refractivity contribution in [2.75, 3.05) is 0 Å². The molecule has 0 aliphatic rings. The van der Waals surface area contributed by atoms with Gasteiger partial charge in [-0.05, 0) is 0 Å². The van der Waals surface area contributed by atoms with Crippen molar-refractivity contribution in [2.45, 2.75) is 43.9 Å². The summed E-state index contributed by atoms with van der Waals surface area (Å²) in [6, 6.07) is 18.1. The number of carbonyl (C=O) groups is 2. The first-order chi connectivity index (χ1) is 14.7. The van der Waals surface area contributed by atoms with Crippen LogP contribution in [0.4, 0.5) is 4.39 Å². The second kappa shape index (κ2) is 9.65. The van der Waals surface area contributed by atoms with Crippen LogP contribution in [-0.4, -0.2) is 37.5 Å². The van der Waals surface area contributed by atoms with Crippen LogP contribution >= 0.6 is 0 Å². The predicted molar refractivity (Wildman–Crippen MR) is 122 cm³/mol. The van der Waals surface area contributed by atoms with Crippen molar-refractivity contribution in [2.24, 2.45) is 0 Å². The fraction of sp³-hybridized carbons (Fsp3) is 0.280. The molecular weight excluding hydrogens is 458 g/mol. The average Bonchev–Trinajstić information content (AvgIpc) is 2.74. The van der Waals surface area contributed by atoms with E-state index in [0.717, 1.165) is 12.8 Å². The van der Waals surface area contributed by atoms with Gasteiger partial charge in [0.15, 0.2) is 0 Å². The van der Waals surface area contributed by atoms with Gasteiger partial charge >= 0.3 is 188 Å². The summed E-state index contributed by atoms with van der Waals surface area (Å²) in [5, 5.41) is 10.3. The number of carboxylic acid groups (broad SMARTS) is 1. The maximum absolute atomic E-state index is 14.8. The van der Waals surface area contributed by atoms with Gasteiger partial charge in [0.2, 0.25) is 0 Å². The second-order valence-electron chi connectivity index (χ2n) is 8.12. The molecule has 0 aliphatic heterocycles. The van der Waals surface area contributed by atoms with E-state index in [9.17, 15) is 19.1 Å². The van der Waals surface area contributed by atoms with Crippen LogP contribution in [0.25, 0.3) is 10.8 Å². The van der Waals surface area contributed by atoms with E-state index in [-0.39, 0.29) is 16.2 Å². The number of fused-ring (bicyclic) bond motifs is 1. The topological polar surface area (TPSA) is 63.6 Å². The zero-order valence-electron chi connectivity index (χ0n) is 17.8. The molecule has 6 heteroatoms. The molecule has 0 fully saturated rings. The number of carboxylic acids is 1. The first-order valence-corrected chi connectivity index (χ1v) is 12.3. The van der Waals surface area contributed by atoms with E-state index in [1.807, 2.05) is 37.3 Å². The van der Waals surface area contributed by atoms with Crippen molar-refractivity contribution < 1.29 is 23.8 Å². The molecule has 0 aromatic heterocycles. The molecule has 0 bridgehead atoms. The van der Waals surface area contributed by atoms with Crippen molar-refractivity contribution in [3.63, 3.8) is 0 Å². The van der Waals surface area contributed by atoms with Crippen LogP contribution in [-0.2, 0) is 11.2 Å². The Bertz CT molecular complexity index is 1100. The zero-order valence-corrected chi connectivity index (χ0v) is 19.9. The van der Waals surface area contributed by atoms with Crippen LogP contribution in [0.3, 0.4) is 0 Å². The fourth-order valence-electron chi connectivity index (χ4n) is 3.28. The molecular formula is C25H26AsFO4. The second-order valence-corrected chi connectivity index (χ2v) is 12.2. The SMILES string of the molecule is CC(CCc1ccccc1)Oc1c(C(=O)[AsH]C(C)(C)C(=O)O)cc(F)c2ccccc12. The van der Waals surface area contributed by atoms with E-state index in [0.29, 0.717) is 16.5 Å². The summed E-state index contributed by atoms with van der Waals surface area (Å²) in [7, 11) is 0. The van der Waals surface area contributed by atoms with Crippen LogP contribution in [0.1, 0.15) is 43.1 Å². The number of aliphatic carboxylic acids is 1. The minimum absolute atomic E-state index is 0.136. The van der Waals surface area contributed by atoms with Crippen molar-refractivity contribution in [3.8, 4) is 5.75 Å². The van der Waals surface area contributed by atoms with Gasteiger partial charge in [-0.15, -0.1) is 0 Å². The van der Waals surface area contributed by atoms with Crippen LogP contribution in [0.2, 0.25) is 4.20 Å². The number of hydrogen-bond donors (Lipinski definition) is 1. The minimum atomic E-state index is -1.61. The summed E-state index contributed by atoms with van der Waals surface area (Å²) in [5.74, 6) is -1.20.